The molecule has 1 atom stereocenters. The summed E-state index contributed by atoms with van der Waals surface area (Å²) < 4.78 is 17.5. The molecule has 1 aliphatic heterocycles. The molecule has 1 unspecified atom stereocenters. The van der Waals surface area contributed by atoms with Gasteiger partial charge in [-0.3, -0.25) is 4.79 Å². The van der Waals surface area contributed by atoms with Gasteiger partial charge in [-0.25, -0.2) is 0 Å². The molecule has 0 aromatic heterocycles. The number of hydrogen-bond donors (Lipinski definition) is 0. The van der Waals surface area contributed by atoms with Crippen molar-refractivity contribution in [1.29, 1.82) is 0 Å². The van der Waals surface area contributed by atoms with E-state index in [1.807, 2.05) is 66.7 Å². The number of nitrogens with zero attached hydrogens (tertiary/aromatic N) is 1. The van der Waals surface area contributed by atoms with Crippen molar-refractivity contribution in [2.45, 2.75) is 32.2 Å². The van der Waals surface area contributed by atoms with Gasteiger partial charge in [0.2, 0.25) is 0 Å². The topological polar surface area (TPSA) is 48.0 Å². The number of para-hydroxylation sites is 1. The Morgan fingerprint density at radius 3 is 2.32 bits per heavy atom. The van der Waals surface area contributed by atoms with Crippen LogP contribution in [0, 0.1) is 0 Å². The number of rotatable bonds is 6. The average Bonchev–Trinajstić information content (AvgIpc) is 2.99. The lowest BCUT2D eigenvalue weighted by atomic mass is 10.1. The number of carbonyl (C=O) groups is 1. The SMILES string of the molecule is COc1cccc(Cl)c1C1OC(C)(C)C(=O)N1Cc1ccc(Oc2ccccc2)cc1. The van der Waals surface area contributed by atoms with Crippen LogP contribution >= 0.6 is 11.6 Å². The fourth-order valence-corrected chi connectivity index (χ4v) is 3.89. The number of benzene rings is 3. The summed E-state index contributed by atoms with van der Waals surface area (Å²) >= 11 is 6.48. The fourth-order valence-electron chi connectivity index (χ4n) is 3.63. The van der Waals surface area contributed by atoms with E-state index in [-0.39, 0.29) is 5.91 Å². The van der Waals surface area contributed by atoms with Crippen LogP contribution in [0.25, 0.3) is 0 Å². The van der Waals surface area contributed by atoms with Crippen molar-refractivity contribution in [3.63, 3.8) is 0 Å². The highest BCUT2D eigenvalue weighted by molar-refractivity contribution is 6.31. The maximum Gasteiger partial charge on any atom is 0.256 e. The Labute approximate surface area is 187 Å². The molecule has 3 aromatic carbocycles. The first kappa shape index (κ1) is 21.2. The second-order valence-corrected chi connectivity index (χ2v) is 8.24. The molecule has 4 rings (SSSR count). The van der Waals surface area contributed by atoms with Crippen molar-refractivity contribution < 1.29 is 19.0 Å². The van der Waals surface area contributed by atoms with Crippen LogP contribution in [-0.2, 0) is 16.1 Å². The average molecular weight is 438 g/mol. The quantitative estimate of drug-likeness (QED) is 0.476. The molecule has 0 radical (unpaired) electrons. The Balaban J connectivity index is 1.59. The van der Waals surface area contributed by atoms with Crippen LogP contribution in [-0.4, -0.2) is 23.5 Å². The largest absolute Gasteiger partial charge is 0.496 e. The molecule has 1 heterocycles. The third-order valence-corrected chi connectivity index (χ3v) is 5.53. The van der Waals surface area contributed by atoms with Crippen LogP contribution in [0.2, 0.25) is 5.02 Å². The zero-order chi connectivity index (χ0) is 22.0. The highest BCUT2D eigenvalue weighted by atomic mass is 35.5. The van der Waals surface area contributed by atoms with E-state index in [0.29, 0.717) is 22.9 Å². The summed E-state index contributed by atoms with van der Waals surface area (Å²) in [5.74, 6) is 1.97. The second-order valence-electron chi connectivity index (χ2n) is 7.83. The predicted octanol–water partition coefficient (Wildman–Crippen LogP) is 5.98. The fraction of sp³-hybridized carbons (Fsp3) is 0.240. The molecule has 31 heavy (non-hydrogen) atoms. The standard InChI is InChI=1S/C25H24ClNO4/c1-25(2)24(28)27(23(31-25)22-20(26)10-7-11-21(22)29-3)16-17-12-14-19(15-13-17)30-18-8-5-4-6-9-18/h4-15,23H,16H2,1-3H3. The van der Waals surface area contributed by atoms with Crippen LogP contribution in [0.1, 0.15) is 31.2 Å². The molecule has 1 amide bonds. The highest BCUT2D eigenvalue weighted by Gasteiger charge is 2.48. The van der Waals surface area contributed by atoms with Gasteiger partial charge in [-0.15, -0.1) is 0 Å². The molecular formula is C25H24ClNO4. The van der Waals surface area contributed by atoms with Gasteiger partial charge in [0.05, 0.1) is 17.7 Å². The second kappa shape index (κ2) is 8.61. The van der Waals surface area contributed by atoms with Gasteiger partial charge in [0.1, 0.15) is 22.8 Å². The molecule has 160 valence electrons. The number of carbonyl (C=O) groups excluding carboxylic acids is 1. The zero-order valence-electron chi connectivity index (χ0n) is 17.7. The molecule has 0 saturated carbocycles. The molecule has 1 aliphatic rings. The van der Waals surface area contributed by atoms with Gasteiger partial charge in [0, 0.05) is 6.54 Å². The number of methoxy groups -OCH3 is 1. The summed E-state index contributed by atoms with van der Waals surface area (Å²) in [4.78, 5) is 14.8. The van der Waals surface area contributed by atoms with E-state index in [1.54, 1.807) is 31.9 Å². The van der Waals surface area contributed by atoms with Gasteiger partial charge in [-0.2, -0.15) is 0 Å². The van der Waals surface area contributed by atoms with E-state index < -0.39 is 11.8 Å². The number of halogens is 1. The van der Waals surface area contributed by atoms with Crippen molar-refractivity contribution in [3.8, 4) is 17.2 Å². The van der Waals surface area contributed by atoms with E-state index in [9.17, 15) is 4.79 Å². The number of amides is 1. The molecule has 5 nitrogen and oxygen atoms in total. The minimum Gasteiger partial charge on any atom is -0.496 e. The lowest BCUT2D eigenvalue weighted by Gasteiger charge is -2.25. The minimum atomic E-state index is -0.967. The molecule has 1 saturated heterocycles. The Morgan fingerprint density at radius 2 is 1.65 bits per heavy atom. The summed E-state index contributed by atoms with van der Waals surface area (Å²) in [5.41, 5.74) is 0.631. The van der Waals surface area contributed by atoms with Gasteiger partial charge >= 0.3 is 0 Å². The Morgan fingerprint density at radius 1 is 0.968 bits per heavy atom. The smallest absolute Gasteiger partial charge is 0.256 e. The van der Waals surface area contributed by atoms with Crippen LogP contribution in [0.5, 0.6) is 17.2 Å². The summed E-state index contributed by atoms with van der Waals surface area (Å²) in [5, 5.41) is 0.492. The van der Waals surface area contributed by atoms with E-state index in [4.69, 9.17) is 25.8 Å². The molecule has 3 aromatic rings. The van der Waals surface area contributed by atoms with Crippen LogP contribution in [0.3, 0.4) is 0 Å². The Kier molecular flexibility index (Phi) is 5.90. The highest BCUT2D eigenvalue weighted by Crippen LogP contribution is 2.44. The molecule has 6 heteroatoms. The Hall–Kier alpha value is -3.02. The van der Waals surface area contributed by atoms with Gasteiger partial charge in [0.15, 0.2) is 6.23 Å². The van der Waals surface area contributed by atoms with Crippen molar-refractivity contribution in [3.05, 3.63) is 88.9 Å². The van der Waals surface area contributed by atoms with Gasteiger partial charge in [-0.1, -0.05) is 48.0 Å². The van der Waals surface area contributed by atoms with Gasteiger partial charge in [0.25, 0.3) is 5.91 Å². The lowest BCUT2D eigenvalue weighted by Crippen LogP contribution is -2.35. The van der Waals surface area contributed by atoms with Crippen molar-refractivity contribution in [2.24, 2.45) is 0 Å². The van der Waals surface area contributed by atoms with Crippen molar-refractivity contribution in [2.75, 3.05) is 7.11 Å². The molecule has 0 spiro atoms. The monoisotopic (exact) mass is 437 g/mol. The molecule has 0 aliphatic carbocycles. The number of ether oxygens (including phenoxy) is 3. The van der Waals surface area contributed by atoms with Crippen LogP contribution < -0.4 is 9.47 Å². The molecule has 0 N–H and O–H groups in total. The maximum atomic E-state index is 13.1. The first-order chi connectivity index (χ1) is 14.9. The van der Waals surface area contributed by atoms with Crippen LogP contribution in [0.4, 0.5) is 0 Å². The van der Waals surface area contributed by atoms with Crippen molar-refractivity contribution >= 4 is 17.5 Å². The summed E-state index contributed by atoms with van der Waals surface area (Å²) in [6, 6.07) is 22.6. The normalized spacial score (nSPS) is 17.6. The van der Waals surface area contributed by atoms with Crippen molar-refractivity contribution in [1.82, 2.24) is 4.90 Å². The van der Waals surface area contributed by atoms with E-state index in [0.717, 1.165) is 17.1 Å². The molecular weight excluding hydrogens is 414 g/mol. The summed E-state index contributed by atoms with van der Waals surface area (Å²) in [7, 11) is 1.58. The lowest BCUT2D eigenvalue weighted by molar-refractivity contribution is -0.134. The Bertz CT molecular complexity index is 1070. The molecule has 1 fully saturated rings. The first-order valence-electron chi connectivity index (χ1n) is 10.0. The van der Waals surface area contributed by atoms with Crippen LogP contribution in [0.15, 0.2) is 72.8 Å². The predicted molar refractivity (Wildman–Crippen MR) is 119 cm³/mol. The minimum absolute atomic E-state index is 0.107. The summed E-state index contributed by atoms with van der Waals surface area (Å²) in [6.45, 7) is 3.90. The zero-order valence-corrected chi connectivity index (χ0v) is 18.4. The third-order valence-electron chi connectivity index (χ3n) is 5.20. The third kappa shape index (κ3) is 4.38. The maximum absolute atomic E-state index is 13.1. The van der Waals surface area contributed by atoms with E-state index in [1.165, 1.54) is 0 Å². The first-order valence-corrected chi connectivity index (χ1v) is 10.4. The number of hydrogen-bond acceptors (Lipinski definition) is 4. The van der Waals surface area contributed by atoms with E-state index in [2.05, 4.69) is 0 Å². The van der Waals surface area contributed by atoms with Gasteiger partial charge in [-0.05, 0) is 55.8 Å². The summed E-state index contributed by atoms with van der Waals surface area (Å²) in [6.07, 6.45) is -0.647. The van der Waals surface area contributed by atoms with Gasteiger partial charge < -0.3 is 19.1 Å². The molecule has 0 bridgehead atoms. The van der Waals surface area contributed by atoms with E-state index >= 15 is 0 Å².